The molecule has 0 aliphatic heterocycles. The van der Waals surface area contributed by atoms with E-state index in [0.29, 0.717) is 27.6 Å². The topological polar surface area (TPSA) is 56.5 Å². The monoisotopic (exact) mass is 301 g/mol. The highest BCUT2D eigenvalue weighted by Gasteiger charge is 2.22. The fourth-order valence-electron chi connectivity index (χ4n) is 2.13. The van der Waals surface area contributed by atoms with Gasteiger partial charge >= 0.3 is 5.97 Å². The second-order valence-electron chi connectivity index (χ2n) is 4.32. The van der Waals surface area contributed by atoms with E-state index in [9.17, 15) is 4.79 Å². The number of fused-ring (bicyclic) bond motifs is 1. The summed E-state index contributed by atoms with van der Waals surface area (Å²) in [5, 5.41) is 0.527. The van der Waals surface area contributed by atoms with Crippen molar-refractivity contribution in [1.82, 2.24) is 14.4 Å². The quantitative estimate of drug-likeness (QED) is 0.697. The van der Waals surface area contributed by atoms with Gasteiger partial charge in [0.05, 0.1) is 11.6 Å². The maximum absolute atomic E-state index is 12.3. The Hall–Kier alpha value is -2.40. The number of benzene rings is 1. The SMILES string of the molecule is CCOC(=O)c1c(-c2ccccc2Cl)nc2ccncn12. The minimum Gasteiger partial charge on any atom is -0.461 e. The number of rotatable bonds is 3. The molecule has 3 rings (SSSR count). The molecule has 2 heterocycles. The van der Waals surface area contributed by atoms with Gasteiger partial charge in [0.1, 0.15) is 17.7 Å². The van der Waals surface area contributed by atoms with Crippen molar-refractivity contribution in [3.05, 3.63) is 53.6 Å². The average molecular weight is 302 g/mol. The van der Waals surface area contributed by atoms with Gasteiger partial charge in [-0.15, -0.1) is 0 Å². The molecular formula is C15H12ClN3O2. The van der Waals surface area contributed by atoms with Crippen LogP contribution in [0.15, 0.2) is 42.9 Å². The normalized spacial score (nSPS) is 10.8. The second-order valence-corrected chi connectivity index (χ2v) is 4.73. The Morgan fingerprint density at radius 1 is 1.33 bits per heavy atom. The van der Waals surface area contributed by atoms with Crippen molar-refractivity contribution in [2.75, 3.05) is 6.61 Å². The molecule has 106 valence electrons. The lowest BCUT2D eigenvalue weighted by Gasteiger charge is -2.05. The molecule has 0 saturated heterocycles. The lowest BCUT2D eigenvalue weighted by Crippen LogP contribution is -2.09. The molecule has 3 aromatic rings. The van der Waals surface area contributed by atoms with Crippen LogP contribution in [-0.2, 0) is 4.74 Å². The molecule has 0 spiro atoms. The number of carbonyl (C=O) groups is 1. The van der Waals surface area contributed by atoms with Gasteiger partial charge in [0, 0.05) is 11.8 Å². The van der Waals surface area contributed by atoms with Gasteiger partial charge in [0.2, 0.25) is 0 Å². The molecule has 0 radical (unpaired) electrons. The number of hydrogen-bond donors (Lipinski definition) is 0. The average Bonchev–Trinajstić information content (AvgIpc) is 2.87. The van der Waals surface area contributed by atoms with Gasteiger partial charge in [-0.2, -0.15) is 0 Å². The zero-order valence-corrected chi connectivity index (χ0v) is 12.0. The van der Waals surface area contributed by atoms with Crippen LogP contribution in [0.5, 0.6) is 0 Å². The third-order valence-electron chi connectivity index (χ3n) is 3.03. The van der Waals surface area contributed by atoms with E-state index < -0.39 is 5.97 Å². The summed E-state index contributed by atoms with van der Waals surface area (Å²) in [6.07, 6.45) is 3.16. The third kappa shape index (κ3) is 2.36. The molecule has 2 aromatic heterocycles. The minimum absolute atomic E-state index is 0.286. The minimum atomic E-state index is -0.451. The van der Waals surface area contributed by atoms with Crippen molar-refractivity contribution in [2.24, 2.45) is 0 Å². The van der Waals surface area contributed by atoms with Crippen molar-refractivity contribution in [2.45, 2.75) is 6.92 Å². The molecule has 0 aliphatic carbocycles. The smallest absolute Gasteiger partial charge is 0.357 e. The van der Waals surface area contributed by atoms with Crippen molar-refractivity contribution < 1.29 is 9.53 Å². The van der Waals surface area contributed by atoms with E-state index in [1.165, 1.54) is 6.33 Å². The number of nitrogens with zero attached hydrogens (tertiary/aromatic N) is 3. The highest BCUT2D eigenvalue weighted by Crippen LogP contribution is 2.30. The number of imidazole rings is 1. The highest BCUT2D eigenvalue weighted by molar-refractivity contribution is 6.33. The van der Waals surface area contributed by atoms with E-state index in [1.807, 2.05) is 18.2 Å². The highest BCUT2D eigenvalue weighted by atomic mass is 35.5. The first kappa shape index (κ1) is 13.6. The summed E-state index contributed by atoms with van der Waals surface area (Å²) in [4.78, 5) is 20.8. The Kier molecular flexibility index (Phi) is 3.58. The predicted octanol–water partition coefficient (Wildman–Crippen LogP) is 3.23. The predicted molar refractivity (Wildman–Crippen MR) is 79.4 cm³/mol. The van der Waals surface area contributed by atoms with Crippen LogP contribution < -0.4 is 0 Å². The van der Waals surface area contributed by atoms with Crippen LogP contribution in [0.25, 0.3) is 16.9 Å². The van der Waals surface area contributed by atoms with Crippen molar-refractivity contribution in [1.29, 1.82) is 0 Å². The number of ether oxygens (including phenoxy) is 1. The Labute approximate surface area is 126 Å². The molecule has 6 heteroatoms. The lowest BCUT2D eigenvalue weighted by molar-refractivity contribution is 0.0519. The van der Waals surface area contributed by atoms with Gasteiger partial charge < -0.3 is 4.74 Å². The van der Waals surface area contributed by atoms with E-state index in [4.69, 9.17) is 16.3 Å². The fraction of sp³-hybridized carbons (Fsp3) is 0.133. The van der Waals surface area contributed by atoms with Crippen LogP contribution in [-0.4, -0.2) is 26.9 Å². The largest absolute Gasteiger partial charge is 0.461 e. The maximum atomic E-state index is 12.3. The van der Waals surface area contributed by atoms with Crippen molar-refractivity contribution in [3.8, 4) is 11.3 Å². The number of aromatic nitrogens is 3. The van der Waals surface area contributed by atoms with Gasteiger partial charge in [0.15, 0.2) is 5.69 Å². The number of halogens is 1. The van der Waals surface area contributed by atoms with E-state index in [1.54, 1.807) is 29.7 Å². The first-order valence-corrected chi connectivity index (χ1v) is 6.84. The Morgan fingerprint density at radius 3 is 2.90 bits per heavy atom. The molecule has 0 aliphatic rings. The Bertz CT molecular complexity index is 814. The summed E-state index contributed by atoms with van der Waals surface area (Å²) in [6.45, 7) is 2.04. The number of hydrogen-bond acceptors (Lipinski definition) is 4. The zero-order valence-electron chi connectivity index (χ0n) is 11.3. The van der Waals surface area contributed by atoms with E-state index in [0.717, 1.165) is 0 Å². The van der Waals surface area contributed by atoms with E-state index >= 15 is 0 Å². The van der Waals surface area contributed by atoms with Crippen LogP contribution >= 0.6 is 11.6 Å². The fourth-order valence-corrected chi connectivity index (χ4v) is 2.36. The van der Waals surface area contributed by atoms with Crippen molar-refractivity contribution in [3.63, 3.8) is 0 Å². The van der Waals surface area contributed by atoms with Crippen LogP contribution in [0.4, 0.5) is 0 Å². The standard InChI is InChI=1S/C15H12ClN3O2/c1-2-21-15(20)14-13(10-5-3-4-6-11(10)16)18-12-7-8-17-9-19(12)14/h3-9H,2H2,1H3. The van der Waals surface area contributed by atoms with Gasteiger partial charge in [-0.3, -0.25) is 4.40 Å². The molecule has 0 unspecified atom stereocenters. The van der Waals surface area contributed by atoms with Crippen LogP contribution in [0, 0.1) is 0 Å². The molecule has 0 bridgehead atoms. The molecule has 0 N–H and O–H groups in total. The summed E-state index contributed by atoms with van der Waals surface area (Å²) < 4.78 is 6.73. The third-order valence-corrected chi connectivity index (χ3v) is 3.36. The van der Waals surface area contributed by atoms with Crippen LogP contribution in [0.3, 0.4) is 0 Å². The van der Waals surface area contributed by atoms with E-state index in [2.05, 4.69) is 9.97 Å². The molecule has 0 atom stereocenters. The molecule has 0 fully saturated rings. The summed E-state index contributed by atoms with van der Waals surface area (Å²) >= 11 is 6.22. The number of carbonyl (C=O) groups excluding carboxylic acids is 1. The Balaban J connectivity index is 2.29. The lowest BCUT2D eigenvalue weighted by atomic mass is 10.1. The summed E-state index contributed by atoms with van der Waals surface area (Å²) in [7, 11) is 0. The molecule has 5 nitrogen and oxygen atoms in total. The summed E-state index contributed by atoms with van der Waals surface area (Å²) in [5.74, 6) is -0.451. The van der Waals surface area contributed by atoms with Gasteiger partial charge in [-0.05, 0) is 19.1 Å². The van der Waals surface area contributed by atoms with E-state index in [-0.39, 0.29) is 6.61 Å². The van der Waals surface area contributed by atoms with Gasteiger partial charge in [0.25, 0.3) is 0 Å². The molecule has 0 amide bonds. The molecule has 0 saturated carbocycles. The van der Waals surface area contributed by atoms with Gasteiger partial charge in [-0.25, -0.2) is 14.8 Å². The van der Waals surface area contributed by atoms with Crippen LogP contribution in [0.2, 0.25) is 5.02 Å². The molecular weight excluding hydrogens is 290 g/mol. The van der Waals surface area contributed by atoms with Crippen molar-refractivity contribution >= 4 is 23.2 Å². The summed E-state index contributed by atoms with van der Waals surface area (Å²) in [5.41, 5.74) is 2.12. The first-order chi connectivity index (χ1) is 10.2. The Morgan fingerprint density at radius 2 is 2.14 bits per heavy atom. The van der Waals surface area contributed by atoms with Crippen LogP contribution in [0.1, 0.15) is 17.4 Å². The molecule has 1 aromatic carbocycles. The first-order valence-electron chi connectivity index (χ1n) is 6.46. The summed E-state index contributed by atoms with van der Waals surface area (Å²) in [6, 6.07) is 8.98. The molecule has 21 heavy (non-hydrogen) atoms. The van der Waals surface area contributed by atoms with Gasteiger partial charge in [-0.1, -0.05) is 29.8 Å². The zero-order chi connectivity index (χ0) is 14.8. The maximum Gasteiger partial charge on any atom is 0.357 e. The number of esters is 1. The second kappa shape index (κ2) is 5.54.